The Balaban J connectivity index is 2.34. The van der Waals surface area contributed by atoms with Crippen LogP contribution in [-0.2, 0) is 11.3 Å². The van der Waals surface area contributed by atoms with Gasteiger partial charge in [0.15, 0.2) is 11.6 Å². The summed E-state index contributed by atoms with van der Waals surface area (Å²) in [5.74, 6) is -1.61. The highest BCUT2D eigenvalue weighted by Gasteiger charge is 2.06. The maximum absolute atomic E-state index is 13.1. The Labute approximate surface area is 89.1 Å². The van der Waals surface area contributed by atoms with Gasteiger partial charge >= 0.3 is 0 Å². The fourth-order valence-electron chi connectivity index (χ4n) is 1.30. The predicted molar refractivity (Wildman–Crippen MR) is 55.5 cm³/mol. The zero-order chi connectivity index (χ0) is 11.1. The fraction of sp³-hybridized carbons (Fsp3) is 0.500. The second-order valence-corrected chi connectivity index (χ2v) is 3.47. The molecule has 84 valence electrons. The van der Waals surface area contributed by atoms with Crippen molar-refractivity contribution in [3.8, 4) is 0 Å². The summed E-state index contributed by atoms with van der Waals surface area (Å²) in [6.45, 7) is 2.85. The van der Waals surface area contributed by atoms with Crippen molar-refractivity contribution < 1.29 is 13.5 Å². The largest absolute Gasteiger partial charge is 0.377 e. The molecule has 1 nitrogen and oxygen atoms in total. The van der Waals surface area contributed by atoms with E-state index in [9.17, 15) is 8.78 Å². The van der Waals surface area contributed by atoms with Gasteiger partial charge in [-0.25, -0.2) is 8.78 Å². The van der Waals surface area contributed by atoms with E-state index >= 15 is 0 Å². The second kappa shape index (κ2) is 6.51. The summed E-state index contributed by atoms with van der Waals surface area (Å²) in [7, 11) is 0. The van der Waals surface area contributed by atoms with Crippen LogP contribution in [-0.4, -0.2) is 6.61 Å². The van der Waals surface area contributed by atoms with Gasteiger partial charge < -0.3 is 4.74 Å². The summed E-state index contributed by atoms with van der Waals surface area (Å²) >= 11 is 0. The Hall–Kier alpha value is -0.960. The molecule has 15 heavy (non-hydrogen) atoms. The second-order valence-electron chi connectivity index (χ2n) is 3.47. The minimum atomic E-state index is -0.815. The highest BCUT2D eigenvalue weighted by atomic mass is 19.2. The third kappa shape index (κ3) is 3.96. The van der Waals surface area contributed by atoms with Crippen molar-refractivity contribution in [2.45, 2.75) is 32.8 Å². The Morgan fingerprint density at radius 1 is 1.20 bits per heavy atom. The van der Waals surface area contributed by atoms with Crippen molar-refractivity contribution in [2.24, 2.45) is 0 Å². The van der Waals surface area contributed by atoms with Gasteiger partial charge in [0.25, 0.3) is 0 Å². The smallest absolute Gasteiger partial charge is 0.164 e. The molecule has 0 aliphatic heterocycles. The third-order valence-electron chi connectivity index (χ3n) is 2.18. The van der Waals surface area contributed by atoms with Crippen molar-refractivity contribution in [1.82, 2.24) is 0 Å². The number of halogens is 2. The molecule has 1 aromatic carbocycles. The van der Waals surface area contributed by atoms with E-state index in [1.807, 2.05) is 0 Å². The number of unbranched alkanes of at least 4 members (excludes halogenated alkanes) is 2. The Kier molecular flexibility index (Phi) is 5.26. The number of rotatable bonds is 6. The topological polar surface area (TPSA) is 9.23 Å². The van der Waals surface area contributed by atoms with Gasteiger partial charge in [0, 0.05) is 12.2 Å². The van der Waals surface area contributed by atoms with E-state index in [1.165, 1.54) is 12.1 Å². The van der Waals surface area contributed by atoms with Gasteiger partial charge in [-0.1, -0.05) is 31.9 Å². The third-order valence-corrected chi connectivity index (χ3v) is 2.18. The van der Waals surface area contributed by atoms with Crippen molar-refractivity contribution in [2.75, 3.05) is 6.61 Å². The summed E-state index contributed by atoms with van der Waals surface area (Å²) in [5, 5.41) is 0. The standard InChI is InChI=1S/C12H16F2O/c1-2-3-4-8-15-9-10-6-5-7-11(13)12(10)14/h5-7H,2-4,8-9H2,1H3. The minimum absolute atomic E-state index is 0.146. The molecule has 0 aromatic heterocycles. The molecule has 0 saturated heterocycles. The van der Waals surface area contributed by atoms with Gasteiger partial charge in [-0.3, -0.25) is 0 Å². The summed E-state index contributed by atoms with van der Waals surface area (Å²) in [6, 6.07) is 4.14. The predicted octanol–water partition coefficient (Wildman–Crippen LogP) is 3.67. The van der Waals surface area contributed by atoms with Crippen LogP contribution >= 0.6 is 0 Å². The lowest BCUT2D eigenvalue weighted by Crippen LogP contribution is -1.99. The molecule has 0 aliphatic rings. The summed E-state index contributed by atoms with van der Waals surface area (Å²) in [5.41, 5.74) is 0.284. The van der Waals surface area contributed by atoms with Crippen LogP contribution in [0.4, 0.5) is 8.78 Å². The lowest BCUT2D eigenvalue weighted by atomic mass is 10.2. The molecule has 0 spiro atoms. The van der Waals surface area contributed by atoms with Crippen LogP contribution in [0.25, 0.3) is 0 Å². The first-order chi connectivity index (χ1) is 7.25. The molecule has 0 amide bonds. The van der Waals surface area contributed by atoms with Crippen molar-refractivity contribution in [1.29, 1.82) is 0 Å². The number of hydrogen-bond acceptors (Lipinski definition) is 1. The maximum Gasteiger partial charge on any atom is 0.164 e. The van der Waals surface area contributed by atoms with Crippen LogP contribution in [0.1, 0.15) is 31.7 Å². The molecule has 0 fully saturated rings. The van der Waals surface area contributed by atoms with Gasteiger partial charge in [0.2, 0.25) is 0 Å². The highest BCUT2D eigenvalue weighted by Crippen LogP contribution is 2.12. The number of benzene rings is 1. The summed E-state index contributed by atoms with van der Waals surface area (Å²) < 4.78 is 31.2. The van der Waals surface area contributed by atoms with Crippen LogP contribution in [0, 0.1) is 11.6 Å². The molecule has 0 unspecified atom stereocenters. The molecule has 1 aromatic rings. The molecule has 0 radical (unpaired) electrons. The van der Waals surface area contributed by atoms with E-state index < -0.39 is 11.6 Å². The molecule has 0 aliphatic carbocycles. The molecule has 3 heteroatoms. The maximum atomic E-state index is 13.1. The van der Waals surface area contributed by atoms with Gasteiger partial charge in [0.05, 0.1) is 6.61 Å². The fourth-order valence-corrected chi connectivity index (χ4v) is 1.30. The normalized spacial score (nSPS) is 10.6. The lowest BCUT2D eigenvalue weighted by molar-refractivity contribution is 0.114. The van der Waals surface area contributed by atoms with Gasteiger partial charge in [-0.05, 0) is 12.5 Å². The summed E-state index contributed by atoms with van der Waals surface area (Å²) in [6.07, 6.45) is 3.19. The zero-order valence-corrected chi connectivity index (χ0v) is 8.93. The van der Waals surface area contributed by atoms with E-state index in [4.69, 9.17) is 4.74 Å². The van der Waals surface area contributed by atoms with Gasteiger partial charge in [-0.2, -0.15) is 0 Å². The molecular weight excluding hydrogens is 198 g/mol. The first-order valence-electron chi connectivity index (χ1n) is 5.26. The molecule has 0 saturated carbocycles. The van der Waals surface area contributed by atoms with E-state index in [2.05, 4.69) is 6.92 Å². The SMILES string of the molecule is CCCCCOCc1cccc(F)c1F. The average molecular weight is 214 g/mol. The van der Waals surface area contributed by atoms with Crippen LogP contribution in [0.2, 0.25) is 0 Å². The Bertz CT molecular complexity index is 300. The molecule has 0 heterocycles. The number of ether oxygens (including phenoxy) is 1. The zero-order valence-electron chi connectivity index (χ0n) is 8.93. The van der Waals surface area contributed by atoms with E-state index in [0.29, 0.717) is 6.61 Å². The average Bonchev–Trinajstić information content (AvgIpc) is 2.24. The molecule has 0 atom stereocenters. The molecular formula is C12H16F2O. The van der Waals surface area contributed by atoms with Crippen molar-refractivity contribution in [3.63, 3.8) is 0 Å². The highest BCUT2D eigenvalue weighted by molar-refractivity contribution is 5.17. The molecule has 0 bridgehead atoms. The Morgan fingerprint density at radius 3 is 2.73 bits per heavy atom. The first kappa shape index (κ1) is 12.1. The minimum Gasteiger partial charge on any atom is -0.377 e. The van der Waals surface area contributed by atoms with Gasteiger partial charge in [0.1, 0.15) is 0 Å². The lowest BCUT2D eigenvalue weighted by Gasteiger charge is -2.05. The van der Waals surface area contributed by atoms with Crippen LogP contribution in [0.5, 0.6) is 0 Å². The van der Waals surface area contributed by atoms with Crippen LogP contribution < -0.4 is 0 Å². The van der Waals surface area contributed by atoms with Crippen LogP contribution in [0.15, 0.2) is 18.2 Å². The van der Waals surface area contributed by atoms with Crippen LogP contribution in [0.3, 0.4) is 0 Å². The first-order valence-corrected chi connectivity index (χ1v) is 5.26. The van der Waals surface area contributed by atoms with Crippen molar-refractivity contribution in [3.05, 3.63) is 35.4 Å². The number of hydrogen-bond donors (Lipinski definition) is 0. The summed E-state index contributed by atoms with van der Waals surface area (Å²) in [4.78, 5) is 0. The Morgan fingerprint density at radius 2 is 2.00 bits per heavy atom. The monoisotopic (exact) mass is 214 g/mol. The van der Waals surface area contributed by atoms with E-state index in [0.717, 1.165) is 25.3 Å². The molecule has 0 N–H and O–H groups in total. The van der Waals surface area contributed by atoms with E-state index in [-0.39, 0.29) is 12.2 Å². The van der Waals surface area contributed by atoms with Crippen molar-refractivity contribution >= 4 is 0 Å². The quantitative estimate of drug-likeness (QED) is 0.656. The van der Waals surface area contributed by atoms with E-state index in [1.54, 1.807) is 0 Å². The van der Waals surface area contributed by atoms with Gasteiger partial charge in [-0.15, -0.1) is 0 Å². The molecule has 1 rings (SSSR count).